The number of nitrogens with zero attached hydrogens (tertiary/aromatic N) is 1. The van der Waals surface area contributed by atoms with Crippen molar-refractivity contribution in [1.82, 2.24) is 10.3 Å². The molecule has 1 aromatic rings. The van der Waals surface area contributed by atoms with Gasteiger partial charge in [0.2, 0.25) is 0 Å². The molecule has 1 rings (SSSR count). The molecule has 0 aliphatic heterocycles. The van der Waals surface area contributed by atoms with Crippen molar-refractivity contribution in [2.75, 3.05) is 18.8 Å². The van der Waals surface area contributed by atoms with Crippen LogP contribution in [0.2, 0.25) is 0 Å². The van der Waals surface area contributed by atoms with Crippen LogP contribution in [0.25, 0.3) is 0 Å². The van der Waals surface area contributed by atoms with Gasteiger partial charge in [-0.05, 0) is 11.8 Å². The molecule has 0 fully saturated rings. The zero-order valence-corrected chi connectivity index (χ0v) is 10.7. The molecule has 0 unspecified atom stereocenters. The number of nitrogen functional groups attached to an aromatic ring is 1. The fourth-order valence-electron chi connectivity index (χ4n) is 1.21. The van der Waals surface area contributed by atoms with Crippen molar-refractivity contribution in [3.63, 3.8) is 0 Å². The molecule has 0 aliphatic rings. The second-order valence-electron chi connectivity index (χ2n) is 4.62. The molecular weight excluding hydrogens is 206 g/mol. The van der Waals surface area contributed by atoms with E-state index in [1.54, 1.807) is 0 Å². The Bertz CT molecular complexity index is 294. The second kappa shape index (κ2) is 5.47. The van der Waals surface area contributed by atoms with Gasteiger partial charge in [0.25, 0.3) is 0 Å². The molecule has 0 aromatic carbocycles. The van der Waals surface area contributed by atoms with Gasteiger partial charge >= 0.3 is 0 Å². The average molecular weight is 227 g/mol. The minimum Gasteiger partial charge on any atom is -0.375 e. The normalized spacial score (nSPS) is 11.9. The SMILES string of the molecule is CCC(C)(C)CNCCc1csc(N)n1. The highest BCUT2D eigenvalue weighted by Gasteiger charge is 2.13. The van der Waals surface area contributed by atoms with E-state index < -0.39 is 0 Å². The van der Waals surface area contributed by atoms with Crippen molar-refractivity contribution in [2.24, 2.45) is 5.41 Å². The van der Waals surface area contributed by atoms with Gasteiger partial charge in [-0.2, -0.15) is 0 Å². The third kappa shape index (κ3) is 4.62. The molecular formula is C11H21N3S. The number of hydrogen-bond acceptors (Lipinski definition) is 4. The molecule has 0 spiro atoms. The molecule has 0 radical (unpaired) electrons. The smallest absolute Gasteiger partial charge is 0.180 e. The Hall–Kier alpha value is -0.610. The van der Waals surface area contributed by atoms with Crippen molar-refractivity contribution < 1.29 is 0 Å². The van der Waals surface area contributed by atoms with E-state index in [0.29, 0.717) is 10.5 Å². The van der Waals surface area contributed by atoms with Gasteiger partial charge < -0.3 is 11.1 Å². The zero-order chi connectivity index (χ0) is 11.3. The number of aromatic nitrogens is 1. The highest BCUT2D eigenvalue weighted by molar-refractivity contribution is 7.13. The molecule has 0 bridgehead atoms. The van der Waals surface area contributed by atoms with Crippen molar-refractivity contribution in [3.05, 3.63) is 11.1 Å². The lowest BCUT2D eigenvalue weighted by Gasteiger charge is -2.22. The lowest BCUT2D eigenvalue weighted by atomic mass is 9.90. The maximum Gasteiger partial charge on any atom is 0.180 e. The van der Waals surface area contributed by atoms with Crippen molar-refractivity contribution in [1.29, 1.82) is 0 Å². The Kier molecular flexibility index (Phi) is 4.54. The van der Waals surface area contributed by atoms with E-state index in [4.69, 9.17) is 5.73 Å². The fraction of sp³-hybridized carbons (Fsp3) is 0.727. The summed E-state index contributed by atoms with van der Waals surface area (Å²) in [6, 6.07) is 0. The molecule has 0 atom stereocenters. The van der Waals surface area contributed by atoms with E-state index in [0.717, 1.165) is 25.2 Å². The topological polar surface area (TPSA) is 50.9 Å². The van der Waals surface area contributed by atoms with Crippen LogP contribution in [0.4, 0.5) is 5.13 Å². The number of rotatable bonds is 6. The molecule has 0 saturated heterocycles. The standard InChI is InChI=1S/C11H21N3S/c1-4-11(2,3)8-13-6-5-9-7-15-10(12)14-9/h7,13H,4-6,8H2,1-3H3,(H2,12,14). The number of nitrogens with one attached hydrogen (secondary N) is 1. The second-order valence-corrected chi connectivity index (χ2v) is 5.51. The van der Waals surface area contributed by atoms with Gasteiger partial charge in [-0.15, -0.1) is 11.3 Å². The molecule has 0 saturated carbocycles. The van der Waals surface area contributed by atoms with Crippen molar-refractivity contribution in [3.8, 4) is 0 Å². The number of anilines is 1. The minimum atomic E-state index is 0.390. The summed E-state index contributed by atoms with van der Waals surface area (Å²) in [5, 5.41) is 6.15. The maximum atomic E-state index is 5.56. The first-order valence-electron chi connectivity index (χ1n) is 5.44. The van der Waals surface area contributed by atoms with Crippen LogP contribution in [-0.4, -0.2) is 18.1 Å². The largest absolute Gasteiger partial charge is 0.375 e. The zero-order valence-electron chi connectivity index (χ0n) is 9.84. The van der Waals surface area contributed by atoms with Gasteiger partial charge in [0, 0.05) is 24.9 Å². The lowest BCUT2D eigenvalue weighted by molar-refractivity contribution is 0.329. The Balaban J connectivity index is 2.17. The monoisotopic (exact) mass is 227 g/mol. The maximum absolute atomic E-state index is 5.56. The van der Waals surface area contributed by atoms with Crippen LogP contribution in [0.5, 0.6) is 0 Å². The van der Waals surface area contributed by atoms with Gasteiger partial charge in [-0.25, -0.2) is 4.98 Å². The first kappa shape index (κ1) is 12.5. The Morgan fingerprint density at radius 2 is 2.27 bits per heavy atom. The fourth-order valence-corrected chi connectivity index (χ4v) is 1.80. The van der Waals surface area contributed by atoms with Crippen LogP contribution in [0, 0.1) is 5.41 Å². The summed E-state index contributed by atoms with van der Waals surface area (Å²) in [5.74, 6) is 0. The Morgan fingerprint density at radius 1 is 1.53 bits per heavy atom. The van der Waals surface area contributed by atoms with E-state index in [1.165, 1.54) is 17.8 Å². The minimum absolute atomic E-state index is 0.390. The molecule has 86 valence electrons. The quantitative estimate of drug-likeness (QED) is 0.733. The van der Waals surface area contributed by atoms with Crippen molar-refractivity contribution in [2.45, 2.75) is 33.6 Å². The number of thiazole rings is 1. The Labute approximate surface area is 96.1 Å². The summed E-state index contributed by atoms with van der Waals surface area (Å²) < 4.78 is 0. The summed E-state index contributed by atoms with van der Waals surface area (Å²) >= 11 is 1.51. The molecule has 3 N–H and O–H groups in total. The first-order chi connectivity index (χ1) is 7.03. The Morgan fingerprint density at radius 3 is 2.80 bits per heavy atom. The van der Waals surface area contributed by atoms with Crippen LogP contribution >= 0.6 is 11.3 Å². The molecule has 3 nitrogen and oxygen atoms in total. The van der Waals surface area contributed by atoms with E-state index >= 15 is 0 Å². The van der Waals surface area contributed by atoms with Gasteiger partial charge in [0.15, 0.2) is 5.13 Å². The van der Waals surface area contributed by atoms with E-state index in [-0.39, 0.29) is 0 Å². The number of hydrogen-bond donors (Lipinski definition) is 2. The third-order valence-corrected chi connectivity index (χ3v) is 3.41. The number of nitrogens with two attached hydrogens (primary N) is 1. The summed E-state index contributed by atoms with van der Waals surface area (Å²) in [4.78, 5) is 4.22. The van der Waals surface area contributed by atoms with Gasteiger partial charge in [-0.3, -0.25) is 0 Å². The highest BCUT2D eigenvalue weighted by Crippen LogP contribution is 2.17. The van der Waals surface area contributed by atoms with Crippen LogP contribution < -0.4 is 11.1 Å². The first-order valence-corrected chi connectivity index (χ1v) is 6.32. The van der Waals surface area contributed by atoms with Crippen LogP contribution in [0.1, 0.15) is 32.9 Å². The third-order valence-electron chi connectivity index (χ3n) is 2.69. The summed E-state index contributed by atoms with van der Waals surface area (Å²) in [7, 11) is 0. The van der Waals surface area contributed by atoms with Gasteiger partial charge in [0.05, 0.1) is 5.69 Å². The average Bonchev–Trinajstić information content (AvgIpc) is 2.59. The highest BCUT2D eigenvalue weighted by atomic mass is 32.1. The predicted molar refractivity (Wildman–Crippen MR) is 67.2 cm³/mol. The van der Waals surface area contributed by atoms with E-state index in [9.17, 15) is 0 Å². The van der Waals surface area contributed by atoms with Crippen molar-refractivity contribution >= 4 is 16.5 Å². The molecule has 0 amide bonds. The van der Waals surface area contributed by atoms with E-state index in [2.05, 4.69) is 31.1 Å². The van der Waals surface area contributed by atoms with Gasteiger partial charge in [0.1, 0.15) is 0 Å². The van der Waals surface area contributed by atoms with E-state index in [1.807, 2.05) is 5.38 Å². The summed E-state index contributed by atoms with van der Waals surface area (Å²) in [6.45, 7) is 8.82. The lowest BCUT2D eigenvalue weighted by Crippen LogP contribution is -2.30. The molecule has 0 aliphatic carbocycles. The molecule has 1 heterocycles. The molecule has 15 heavy (non-hydrogen) atoms. The van der Waals surface area contributed by atoms with Gasteiger partial charge in [-0.1, -0.05) is 20.8 Å². The summed E-state index contributed by atoms with van der Waals surface area (Å²) in [6.07, 6.45) is 2.16. The van der Waals surface area contributed by atoms with Crippen LogP contribution in [0.3, 0.4) is 0 Å². The van der Waals surface area contributed by atoms with Crippen LogP contribution in [0.15, 0.2) is 5.38 Å². The molecule has 4 heteroatoms. The summed E-state index contributed by atoms with van der Waals surface area (Å²) in [5.41, 5.74) is 7.05. The van der Waals surface area contributed by atoms with Crippen LogP contribution in [-0.2, 0) is 6.42 Å². The molecule has 1 aromatic heterocycles. The predicted octanol–water partition coefficient (Wildman–Crippen LogP) is 2.29.